The van der Waals surface area contributed by atoms with E-state index < -0.39 is 134 Å². The van der Waals surface area contributed by atoms with Gasteiger partial charge in [-0.1, -0.05) is 65.0 Å². The van der Waals surface area contributed by atoms with Crippen LogP contribution < -0.4 is 10.1 Å². The number of benzene rings is 2. The third kappa shape index (κ3) is 13.0. The zero-order valence-corrected chi connectivity index (χ0v) is 38.0. The minimum Gasteiger partial charge on any atom is -0.491 e. The van der Waals surface area contributed by atoms with Gasteiger partial charge in [-0.25, -0.2) is 18.4 Å². The normalized spacial score (nSPS) is 15.0. The van der Waals surface area contributed by atoms with Gasteiger partial charge in [0.1, 0.15) is 30.1 Å². The molecule has 0 bridgehead atoms. The number of allylic oxidation sites excluding steroid dienone is 3. The number of hydrogen-bond donors (Lipinski definition) is 1. The summed E-state index contributed by atoms with van der Waals surface area (Å²) in [7, 11) is -4.05. The minimum atomic E-state index is -8.72. The highest BCUT2D eigenvalue weighted by molar-refractivity contribution is 6.76. The number of hydrogen-bond acceptors (Lipinski definition) is 6. The summed E-state index contributed by atoms with van der Waals surface area (Å²) >= 11 is 0. The molecule has 7 nitrogen and oxygen atoms in total. The van der Waals surface area contributed by atoms with Gasteiger partial charge in [0.15, 0.2) is 8.32 Å². The maximum atomic E-state index is 15.0. The van der Waals surface area contributed by atoms with Gasteiger partial charge >= 0.3 is 59.7 Å². The number of ether oxygens (including phenoxy) is 3. The number of carbonyl (C=O) groups is 2. The fraction of sp³-hybridized carbons (Fsp3) is 0.571. The van der Waals surface area contributed by atoms with Crippen LogP contribution in [-0.2, 0) is 18.7 Å². The molecule has 2 rings (SSSR count). The fourth-order valence-electron chi connectivity index (χ4n) is 6.68. The summed E-state index contributed by atoms with van der Waals surface area (Å²) in [6.07, 6.45) is -6.81. The molecule has 0 aliphatic heterocycles. The summed E-state index contributed by atoms with van der Waals surface area (Å²) in [6, 6.07) is 6.47. The van der Waals surface area contributed by atoms with Crippen molar-refractivity contribution in [1.82, 2.24) is 0 Å². The van der Waals surface area contributed by atoms with Crippen LogP contribution >= 0.6 is 0 Å². The predicted octanol–water partition coefficient (Wildman–Crippen LogP) is 14.5. The lowest BCUT2D eigenvalue weighted by Gasteiger charge is -2.44. The van der Waals surface area contributed by atoms with Gasteiger partial charge in [0.05, 0.1) is 18.9 Å². The Morgan fingerprint density at radius 1 is 0.681 bits per heavy atom. The molecule has 1 N–H and O–H groups in total. The molecular weight excluding hydrogens is 1000 g/mol. The average molecular weight is 1050 g/mol. The van der Waals surface area contributed by atoms with Crippen molar-refractivity contribution in [2.75, 3.05) is 25.1 Å². The van der Waals surface area contributed by atoms with Gasteiger partial charge in [0, 0.05) is 24.5 Å². The lowest BCUT2D eigenvalue weighted by atomic mass is 9.88. The first-order chi connectivity index (χ1) is 31.3. The van der Waals surface area contributed by atoms with Gasteiger partial charge in [-0.05, 0) is 60.3 Å². The van der Waals surface area contributed by atoms with Crippen LogP contribution in [0, 0.1) is 17.6 Å². The quantitative estimate of drug-likeness (QED) is 0.0266. The van der Waals surface area contributed by atoms with Crippen molar-refractivity contribution in [3.63, 3.8) is 0 Å². The molecule has 2 aromatic rings. The zero-order chi connectivity index (χ0) is 53.4. The van der Waals surface area contributed by atoms with E-state index in [2.05, 4.69) is 5.32 Å². The molecule has 0 spiro atoms. The zero-order valence-electron chi connectivity index (χ0n) is 37.0. The van der Waals surface area contributed by atoms with Gasteiger partial charge in [-0.2, -0.15) is 74.6 Å². The van der Waals surface area contributed by atoms with Crippen LogP contribution in [0.4, 0.5) is 93.9 Å². The molecular formula is C42H46F19NO6Si. The summed E-state index contributed by atoms with van der Waals surface area (Å²) in [6.45, 7) is 7.52. The number of rotatable bonds is 25. The Hall–Kier alpha value is -4.69. The standard InChI is InChI=1S/C42H46F19NO6Si/c1-7-65-32(63)12-10-8-9-11-26(6)33(68-34(64)62-31-18-15-28(43)23-30(31)44)27-13-16-29(17-14-27)66-20-21-67-69(24(2)3,25(4)5)22-19-35(45,46)36(47,48)37(49,50)38(51,52)39(53,54)40(55,56)41(57,58)42(59,60)61/h8-10,12-18,23-26,33H,7,11,19-22H2,1-6H3,(H,62,64)/b9-8+,12-10+/t26-,33+/m1/s1. The molecule has 2 aromatic carbocycles. The monoisotopic (exact) mass is 1050 g/mol. The molecule has 0 aromatic heterocycles. The number of halogens is 19. The van der Waals surface area contributed by atoms with Crippen molar-refractivity contribution < 1.29 is 112 Å². The summed E-state index contributed by atoms with van der Waals surface area (Å²) in [5.41, 5.74) is -1.94. The maximum Gasteiger partial charge on any atom is 0.460 e. The van der Waals surface area contributed by atoms with Crippen LogP contribution in [0.3, 0.4) is 0 Å². The van der Waals surface area contributed by atoms with Gasteiger partial charge in [0.25, 0.3) is 0 Å². The second-order valence-electron chi connectivity index (χ2n) is 16.0. The van der Waals surface area contributed by atoms with Crippen LogP contribution in [0.15, 0.2) is 66.8 Å². The molecule has 1 amide bonds. The van der Waals surface area contributed by atoms with Gasteiger partial charge in [-0.15, -0.1) is 0 Å². The van der Waals surface area contributed by atoms with Gasteiger partial charge in [0.2, 0.25) is 0 Å². The van der Waals surface area contributed by atoms with Crippen LogP contribution in [0.2, 0.25) is 17.1 Å². The molecule has 0 unspecified atom stereocenters. The van der Waals surface area contributed by atoms with E-state index >= 15 is 8.78 Å². The largest absolute Gasteiger partial charge is 0.491 e. The summed E-state index contributed by atoms with van der Waals surface area (Å²) in [5, 5.41) is 2.16. The number of amides is 1. The molecule has 0 radical (unpaired) electrons. The summed E-state index contributed by atoms with van der Waals surface area (Å²) in [4.78, 5) is 24.4. The summed E-state index contributed by atoms with van der Waals surface area (Å²) in [5.74, 6) is -60.1. The predicted molar refractivity (Wildman–Crippen MR) is 212 cm³/mol. The average Bonchev–Trinajstić information content (AvgIpc) is 3.22. The molecule has 2 atom stereocenters. The van der Waals surface area contributed by atoms with Crippen molar-refractivity contribution in [1.29, 1.82) is 0 Å². The second-order valence-corrected chi connectivity index (χ2v) is 21.0. The Balaban J connectivity index is 2.31. The molecule has 0 saturated carbocycles. The molecule has 0 aliphatic carbocycles. The Morgan fingerprint density at radius 3 is 1.70 bits per heavy atom. The van der Waals surface area contributed by atoms with E-state index in [0.29, 0.717) is 11.6 Å². The fourth-order valence-corrected chi connectivity index (χ4v) is 11.1. The second kappa shape index (κ2) is 22.6. The SMILES string of the molecule is CCOC(=O)/C=C/C=C/C[C@@H](C)[C@H](OC(=O)Nc1ccc(F)cc1F)c1ccc(OCCO[Si](CCC(F)(F)C(F)(F)C(F)(F)C(F)(F)C(F)(F)C(F)(F)C(F)(F)C(F)(F)F)(C(C)C)C(C)C)cc1. The number of carbonyl (C=O) groups excluding carboxylic acids is 2. The molecule has 0 saturated heterocycles. The Labute approximate surface area is 383 Å². The van der Waals surface area contributed by atoms with E-state index in [-0.39, 0.29) is 18.8 Å². The third-order valence-corrected chi connectivity index (χ3v) is 16.4. The lowest BCUT2D eigenvalue weighted by Crippen LogP contribution is -2.74. The van der Waals surface area contributed by atoms with E-state index in [4.69, 9.17) is 18.6 Å². The highest BCUT2D eigenvalue weighted by atomic mass is 28.4. The number of anilines is 1. The van der Waals surface area contributed by atoms with E-state index in [9.17, 15) is 84.2 Å². The van der Waals surface area contributed by atoms with Crippen molar-refractivity contribution in [3.8, 4) is 5.75 Å². The van der Waals surface area contributed by atoms with E-state index in [0.717, 1.165) is 18.2 Å². The third-order valence-electron chi connectivity index (χ3n) is 10.7. The van der Waals surface area contributed by atoms with Crippen LogP contribution in [0.1, 0.15) is 66.1 Å². The maximum absolute atomic E-state index is 15.0. The van der Waals surface area contributed by atoms with Crippen LogP contribution in [0.5, 0.6) is 5.75 Å². The minimum absolute atomic E-state index is 0.0571. The Morgan fingerprint density at radius 2 is 1.20 bits per heavy atom. The molecule has 392 valence electrons. The summed E-state index contributed by atoms with van der Waals surface area (Å²) < 4.78 is 286. The molecule has 69 heavy (non-hydrogen) atoms. The van der Waals surface area contributed by atoms with Crippen LogP contribution in [-0.4, -0.2) is 87.8 Å². The van der Waals surface area contributed by atoms with Crippen LogP contribution in [0.25, 0.3) is 0 Å². The lowest BCUT2D eigenvalue weighted by molar-refractivity contribution is -0.461. The van der Waals surface area contributed by atoms with Crippen molar-refractivity contribution >= 4 is 26.1 Å². The molecule has 0 aliphatic rings. The molecule has 0 fully saturated rings. The van der Waals surface area contributed by atoms with Crippen molar-refractivity contribution in [2.24, 2.45) is 5.92 Å². The number of alkyl halides is 17. The topological polar surface area (TPSA) is 83.1 Å². The van der Waals surface area contributed by atoms with Gasteiger partial charge < -0.3 is 18.6 Å². The first-order valence-corrected chi connectivity index (χ1v) is 22.6. The van der Waals surface area contributed by atoms with Crippen molar-refractivity contribution in [2.45, 2.75) is 125 Å². The van der Waals surface area contributed by atoms with Gasteiger partial charge in [-0.3, -0.25) is 5.32 Å². The first-order valence-electron chi connectivity index (χ1n) is 20.3. The molecule has 27 heteroatoms. The Kier molecular flexibility index (Phi) is 19.8. The molecule has 0 heterocycles. The first kappa shape index (κ1) is 60.4. The van der Waals surface area contributed by atoms with E-state index in [1.54, 1.807) is 19.9 Å². The van der Waals surface area contributed by atoms with E-state index in [1.165, 1.54) is 64.1 Å². The van der Waals surface area contributed by atoms with E-state index in [1.807, 2.05) is 0 Å². The highest BCUT2D eigenvalue weighted by Crippen LogP contribution is 2.64. The Bertz CT molecular complexity index is 2070. The number of nitrogens with one attached hydrogen (secondary N) is 1. The van der Waals surface area contributed by atoms with Crippen molar-refractivity contribution in [3.05, 3.63) is 84.0 Å². The smallest absolute Gasteiger partial charge is 0.460 e. The number of esters is 1. The highest BCUT2D eigenvalue weighted by Gasteiger charge is 2.95.